The fourth-order valence-corrected chi connectivity index (χ4v) is 1.93. The number of ether oxygens (including phenoxy) is 1. The first-order valence-electron chi connectivity index (χ1n) is 6.56. The lowest BCUT2D eigenvalue weighted by Crippen LogP contribution is -2.20. The van der Waals surface area contributed by atoms with Crippen molar-refractivity contribution in [2.24, 2.45) is 0 Å². The average molecular weight is 376 g/mol. The van der Waals surface area contributed by atoms with E-state index < -0.39 is 29.5 Å². The number of aromatic nitrogens is 1. The first-order chi connectivity index (χ1) is 11.7. The molecule has 0 aliphatic carbocycles. The standard InChI is InChI=1S/C14H9ClF3N3O4/c15-11-4-8(6-19-13(11)25-7-14(16,17)18)12(22)20-9-2-1-3-10(5-9)21(23)24/h1-6H,7H2,(H,20,22). The quantitative estimate of drug-likeness (QED) is 0.633. The van der Waals surface area contributed by atoms with E-state index >= 15 is 0 Å². The Bertz CT molecular complexity index is 814. The van der Waals surface area contributed by atoms with Gasteiger partial charge in [-0.2, -0.15) is 13.2 Å². The van der Waals surface area contributed by atoms with Gasteiger partial charge in [0.25, 0.3) is 11.6 Å². The second-order valence-electron chi connectivity index (χ2n) is 4.68. The molecule has 7 nitrogen and oxygen atoms in total. The van der Waals surface area contributed by atoms with Gasteiger partial charge in [-0.25, -0.2) is 4.98 Å². The number of rotatable bonds is 5. The Morgan fingerprint density at radius 3 is 2.68 bits per heavy atom. The van der Waals surface area contributed by atoms with E-state index in [1.807, 2.05) is 0 Å². The molecule has 1 heterocycles. The van der Waals surface area contributed by atoms with E-state index in [9.17, 15) is 28.1 Å². The molecule has 1 aromatic heterocycles. The lowest BCUT2D eigenvalue weighted by atomic mass is 10.2. The molecule has 1 N–H and O–H groups in total. The number of nitrogens with one attached hydrogen (secondary N) is 1. The molecule has 0 atom stereocenters. The molecule has 0 radical (unpaired) electrons. The summed E-state index contributed by atoms with van der Waals surface area (Å²) in [6.07, 6.45) is -3.58. The molecular weight excluding hydrogens is 367 g/mol. The predicted octanol–water partition coefficient (Wildman–Crippen LogP) is 3.84. The third-order valence-corrected chi connectivity index (χ3v) is 3.03. The number of pyridine rings is 1. The number of halogens is 4. The Hall–Kier alpha value is -2.88. The van der Waals surface area contributed by atoms with E-state index in [0.717, 1.165) is 18.3 Å². The molecule has 1 aromatic carbocycles. The predicted molar refractivity (Wildman–Crippen MR) is 81.8 cm³/mol. The Balaban J connectivity index is 2.11. The van der Waals surface area contributed by atoms with Crippen LogP contribution in [-0.2, 0) is 0 Å². The Morgan fingerprint density at radius 2 is 2.08 bits per heavy atom. The SMILES string of the molecule is O=C(Nc1cccc([N+](=O)[O-])c1)c1cnc(OCC(F)(F)F)c(Cl)c1. The van der Waals surface area contributed by atoms with Crippen LogP contribution in [0.2, 0.25) is 5.02 Å². The molecule has 11 heteroatoms. The minimum atomic E-state index is -4.55. The highest BCUT2D eigenvalue weighted by atomic mass is 35.5. The molecule has 0 saturated heterocycles. The van der Waals surface area contributed by atoms with E-state index in [1.165, 1.54) is 18.2 Å². The number of carbonyl (C=O) groups excluding carboxylic acids is 1. The van der Waals surface area contributed by atoms with Crippen LogP contribution in [0, 0.1) is 10.1 Å². The van der Waals surface area contributed by atoms with E-state index in [2.05, 4.69) is 15.0 Å². The van der Waals surface area contributed by atoms with Gasteiger partial charge in [-0.15, -0.1) is 0 Å². The van der Waals surface area contributed by atoms with Crippen molar-refractivity contribution in [3.63, 3.8) is 0 Å². The maximum atomic E-state index is 12.1. The number of anilines is 1. The van der Waals surface area contributed by atoms with Crippen LogP contribution in [0.4, 0.5) is 24.5 Å². The fourth-order valence-electron chi connectivity index (χ4n) is 1.71. The zero-order valence-corrected chi connectivity index (χ0v) is 13.0. The number of non-ortho nitro benzene ring substituents is 1. The van der Waals surface area contributed by atoms with Crippen LogP contribution >= 0.6 is 11.6 Å². The minimum absolute atomic E-state index is 0.0594. The molecule has 0 aliphatic heterocycles. The van der Waals surface area contributed by atoms with Crippen molar-refractivity contribution in [3.8, 4) is 5.88 Å². The number of carbonyl (C=O) groups is 1. The van der Waals surface area contributed by atoms with E-state index in [1.54, 1.807) is 0 Å². The lowest BCUT2D eigenvalue weighted by Gasteiger charge is -2.10. The Labute approximate surface area is 143 Å². The molecule has 2 aromatic rings. The van der Waals surface area contributed by atoms with Crippen molar-refractivity contribution in [2.45, 2.75) is 6.18 Å². The third kappa shape index (κ3) is 5.31. The summed E-state index contributed by atoms with van der Waals surface area (Å²) >= 11 is 5.75. The van der Waals surface area contributed by atoms with Crippen molar-refractivity contribution < 1.29 is 27.6 Å². The summed E-state index contributed by atoms with van der Waals surface area (Å²) in [7, 11) is 0. The van der Waals surface area contributed by atoms with Crippen LogP contribution in [-0.4, -0.2) is 28.6 Å². The van der Waals surface area contributed by atoms with Crippen LogP contribution in [0.25, 0.3) is 0 Å². The fraction of sp³-hybridized carbons (Fsp3) is 0.143. The lowest BCUT2D eigenvalue weighted by molar-refractivity contribution is -0.384. The number of benzene rings is 1. The number of alkyl halides is 3. The van der Waals surface area contributed by atoms with Crippen molar-refractivity contribution in [3.05, 3.63) is 57.2 Å². The van der Waals surface area contributed by atoms with E-state index in [4.69, 9.17) is 11.6 Å². The number of nitrogens with zero attached hydrogens (tertiary/aromatic N) is 2. The number of nitro benzene ring substituents is 1. The van der Waals surface area contributed by atoms with Gasteiger partial charge in [0.05, 0.1) is 10.5 Å². The first-order valence-corrected chi connectivity index (χ1v) is 6.94. The molecule has 25 heavy (non-hydrogen) atoms. The smallest absolute Gasteiger partial charge is 0.422 e. The Morgan fingerprint density at radius 1 is 1.36 bits per heavy atom. The maximum Gasteiger partial charge on any atom is 0.422 e. The Kier molecular flexibility index (Phi) is 5.42. The highest BCUT2D eigenvalue weighted by molar-refractivity contribution is 6.32. The second-order valence-corrected chi connectivity index (χ2v) is 5.08. The second kappa shape index (κ2) is 7.34. The zero-order valence-electron chi connectivity index (χ0n) is 12.2. The van der Waals surface area contributed by atoms with Gasteiger partial charge >= 0.3 is 6.18 Å². The van der Waals surface area contributed by atoms with E-state index in [-0.39, 0.29) is 22.0 Å². The van der Waals surface area contributed by atoms with Crippen LogP contribution in [0.1, 0.15) is 10.4 Å². The van der Waals surface area contributed by atoms with Gasteiger partial charge in [0.1, 0.15) is 5.02 Å². The van der Waals surface area contributed by atoms with Crippen LogP contribution < -0.4 is 10.1 Å². The normalized spacial score (nSPS) is 11.0. The summed E-state index contributed by atoms with van der Waals surface area (Å²) in [6.45, 7) is -1.57. The molecule has 0 saturated carbocycles. The van der Waals surface area contributed by atoms with Gasteiger partial charge in [-0.3, -0.25) is 14.9 Å². The topological polar surface area (TPSA) is 94.4 Å². The summed E-state index contributed by atoms with van der Waals surface area (Å²) < 4.78 is 40.7. The molecule has 2 rings (SSSR count). The maximum absolute atomic E-state index is 12.1. The zero-order chi connectivity index (χ0) is 18.6. The van der Waals surface area contributed by atoms with Crippen LogP contribution in [0.15, 0.2) is 36.5 Å². The number of hydrogen-bond acceptors (Lipinski definition) is 5. The number of hydrogen-bond donors (Lipinski definition) is 1. The highest BCUT2D eigenvalue weighted by Crippen LogP contribution is 2.25. The van der Waals surface area contributed by atoms with Crippen molar-refractivity contribution in [2.75, 3.05) is 11.9 Å². The van der Waals surface area contributed by atoms with Crippen molar-refractivity contribution >= 4 is 28.9 Å². The van der Waals surface area contributed by atoms with Gasteiger partial charge in [-0.1, -0.05) is 17.7 Å². The molecule has 0 spiro atoms. The number of amides is 1. The van der Waals surface area contributed by atoms with E-state index in [0.29, 0.717) is 0 Å². The molecule has 0 unspecified atom stereocenters. The number of nitro groups is 1. The van der Waals surface area contributed by atoms with Gasteiger partial charge in [-0.05, 0) is 12.1 Å². The molecule has 132 valence electrons. The van der Waals surface area contributed by atoms with Crippen molar-refractivity contribution in [1.29, 1.82) is 0 Å². The summed E-state index contributed by atoms with van der Waals surface area (Å²) in [5.41, 5.74) is -0.117. The summed E-state index contributed by atoms with van der Waals surface area (Å²) in [6, 6.07) is 6.29. The largest absolute Gasteiger partial charge is 0.467 e. The average Bonchev–Trinajstić information content (AvgIpc) is 2.53. The van der Waals surface area contributed by atoms with Gasteiger partial charge in [0.2, 0.25) is 5.88 Å². The summed E-state index contributed by atoms with van der Waals surface area (Å²) in [4.78, 5) is 25.7. The summed E-state index contributed by atoms with van der Waals surface area (Å²) in [5.74, 6) is -1.16. The minimum Gasteiger partial charge on any atom is -0.467 e. The molecular formula is C14H9ClF3N3O4. The third-order valence-electron chi connectivity index (χ3n) is 2.76. The van der Waals surface area contributed by atoms with Gasteiger partial charge in [0, 0.05) is 24.0 Å². The van der Waals surface area contributed by atoms with Crippen molar-refractivity contribution in [1.82, 2.24) is 4.98 Å². The first kappa shape index (κ1) is 18.5. The molecule has 0 fully saturated rings. The van der Waals surface area contributed by atoms with Gasteiger partial charge < -0.3 is 10.1 Å². The van der Waals surface area contributed by atoms with Crippen LogP contribution in [0.5, 0.6) is 5.88 Å². The summed E-state index contributed by atoms with van der Waals surface area (Å²) in [5, 5.41) is 12.8. The van der Waals surface area contributed by atoms with Crippen LogP contribution in [0.3, 0.4) is 0 Å². The molecule has 0 aliphatic rings. The monoisotopic (exact) mass is 375 g/mol. The van der Waals surface area contributed by atoms with Gasteiger partial charge in [0.15, 0.2) is 6.61 Å². The highest BCUT2D eigenvalue weighted by Gasteiger charge is 2.29. The molecule has 1 amide bonds. The molecule has 0 bridgehead atoms.